The van der Waals surface area contributed by atoms with Crippen molar-refractivity contribution in [1.82, 2.24) is 0 Å². The van der Waals surface area contributed by atoms with E-state index in [-0.39, 0.29) is 29.8 Å². The standard InChI is InChI=1S/C24H36O4/c1-23-12-11-20-18(19(23)9-10-21(23)26)8-6-16-5-7-17(14-24(16,20)15-25)28-22-4-2-3-13-27-22/h6,17-20,22,25H,2-5,7-15H2,1H3/t17?,18?,19?,20?,22?,23-,24+/m0/s1. The van der Waals surface area contributed by atoms with Crippen LogP contribution in [0.4, 0.5) is 0 Å². The third-order valence-electron chi connectivity index (χ3n) is 9.22. The maximum absolute atomic E-state index is 12.6. The Morgan fingerprint density at radius 1 is 1.18 bits per heavy atom. The van der Waals surface area contributed by atoms with Crippen LogP contribution >= 0.6 is 0 Å². The Morgan fingerprint density at radius 3 is 2.86 bits per heavy atom. The third kappa shape index (κ3) is 2.86. The highest BCUT2D eigenvalue weighted by Crippen LogP contribution is 2.64. The van der Waals surface area contributed by atoms with E-state index >= 15 is 0 Å². The lowest BCUT2D eigenvalue weighted by atomic mass is 9.47. The molecule has 4 fully saturated rings. The number of allylic oxidation sites excluding steroid dienone is 1. The maximum Gasteiger partial charge on any atom is 0.157 e. The van der Waals surface area contributed by atoms with Crippen LogP contribution in [0.1, 0.15) is 77.6 Å². The predicted molar refractivity (Wildman–Crippen MR) is 107 cm³/mol. The number of carbonyl (C=O) groups is 1. The van der Waals surface area contributed by atoms with E-state index in [1.165, 1.54) is 12.0 Å². The van der Waals surface area contributed by atoms with Crippen LogP contribution in [0.5, 0.6) is 0 Å². The first-order valence-corrected chi connectivity index (χ1v) is 11.7. The minimum absolute atomic E-state index is 0.0542. The molecule has 0 aromatic carbocycles. The van der Waals surface area contributed by atoms with Gasteiger partial charge in [0.05, 0.1) is 12.7 Å². The summed E-state index contributed by atoms with van der Waals surface area (Å²) in [5.41, 5.74) is 1.24. The monoisotopic (exact) mass is 388 g/mol. The van der Waals surface area contributed by atoms with E-state index in [2.05, 4.69) is 13.0 Å². The van der Waals surface area contributed by atoms with Gasteiger partial charge in [0.15, 0.2) is 6.29 Å². The summed E-state index contributed by atoms with van der Waals surface area (Å²) in [7, 11) is 0. The van der Waals surface area contributed by atoms with Crippen molar-refractivity contribution in [2.45, 2.75) is 89.9 Å². The summed E-state index contributed by atoms with van der Waals surface area (Å²) in [6.45, 7) is 3.26. The van der Waals surface area contributed by atoms with Crippen molar-refractivity contribution in [2.75, 3.05) is 13.2 Å². The number of Topliss-reactive ketones (excluding diaryl/α,β-unsaturated/α-hetero) is 1. The second kappa shape index (κ2) is 7.21. The summed E-state index contributed by atoms with van der Waals surface area (Å²) in [5.74, 6) is 2.04. The van der Waals surface area contributed by atoms with Crippen LogP contribution < -0.4 is 0 Å². The van der Waals surface area contributed by atoms with Crippen molar-refractivity contribution in [3.05, 3.63) is 11.6 Å². The van der Waals surface area contributed by atoms with E-state index in [0.717, 1.165) is 70.8 Å². The highest BCUT2D eigenvalue weighted by Gasteiger charge is 2.60. The van der Waals surface area contributed by atoms with Crippen LogP contribution in [-0.2, 0) is 14.3 Å². The highest BCUT2D eigenvalue weighted by molar-refractivity contribution is 5.87. The lowest BCUT2D eigenvalue weighted by molar-refractivity contribution is -0.204. The molecule has 156 valence electrons. The first-order valence-electron chi connectivity index (χ1n) is 11.7. The molecule has 5 unspecified atom stereocenters. The van der Waals surface area contributed by atoms with Gasteiger partial charge >= 0.3 is 0 Å². The van der Waals surface area contributed by atoms with Crippen LogP contribution in [0.2, 0.25) is 0 Å². The average Bonchev–Trinajstić information content (AvgIpc) is 3.03. The Balaban J connectivity index is 1.39. The molecule has 1 aliphatic heterocycles. The Morgan fingerprint density at radius 2 is 2.07 bits per heavy atom. The molecule has 0 aromatic rings. The molecule has 28 heavy (non-hydrogen) atoms. The minimum Gasteiger partial charge on any atom is -0.395 e. The van der Waals surface area contributed by atoms with Crippen LogP contribution in [0.3, 0.4) is 0 Å². The van der Waals surface area contributed by atoms with Crippen molar-refractivity contribution in [2.24, 2.45) is 28.6 Å². The molecule has 3 saturated carbocycles. The van der Waals surface area contributed by atoms with Gasteiger partial charge in [-0.3, -0.25) is 4.79 Å². The molecule has 1 N–H and O–H groups in total. The topological polar surface area (TPSA) is 55.8 Å². The molecule has 4 nitrogen and oxygen atoms in total. The van der Waals surface area contributed by atoms with Crippen molar-refractivity contribution in [3.8, 4) is 0 Å². The lowest BCUT2D eigenvalue weighted by Crippen LogP contribution is -2.54. The zero-order chi connectivity index (χ0) is 19.4. The highest BCUT2D eigenvalue weighted by atomic mass is 16.7. The van der Waals surface area contributed by atoms with E-state index in [9.17, 15) is 9.90 Å². The molecule has 5 rings (SSSR count). The van der Waals surface area contributed by atoms with Gasteiger partial charge in [0.2, 0.25) is 0 Å². The second-order valence-corrected chi connectivity index (χ2v) is 10.4. The fraction of sp³-hybridized carbons (Fsp3) is 0.875. The molecule has 0 amide bonds. The van der Waals surface area contributed by atoms with Gasteiger partial charge in [-0.15, -0.1) is 0 Å². The van der Waals surface area contributed by atoms with E-state index in [4.69, 9.17) is 9.47 Å². The van der Waals surface area contributed by atoms with Crippen molar-refractivity contribution >= 4 is 5.78 Å². The summed E-state index contributed by atoms with van der Waals surface area (Å²) in [6, 6.07) is 0. The van der Waals surface area contributed by atoms with Crippen molar-refractivity contribution in [3.63, 3.8) is 0 Å². The van der Waals surface area contributed by atoms with Crippen molar-refractivity contribution in [1.29, 1.82) is 0 Å². The average molecular weight is 389 g/mol. The Labute approximate surface area is 169 Å². The summed E-state index contributed by atoms with van der Waals surface area (Å²) >= 11 is 0. The molecular formula is C24H36O4. The number of hydrogen-bond donors (Lipinski definition) is 1. The normalized spacial score (nSPS) is 48.4. The van der Waals surface area contributed by atoms with Gasteiger partial charge in [-0.2, -0.15) is 0 Å². The van der Waals surface area contributed by atoms with Crippen LogP contribution in [0.25, 0.3) is 0 Å². The molecular weight excluding hydrogens is 352 g/mol. The van der Waals surface area contributed by atoms with Gasteiger partial charge in [-0.25, -0.2) is 0 Å². The van der Waals surface area contributed by atoms with Crippen LogP contribution in [0.15, 0.2) is 11.6 Å². The minimum atomic E-state index is -0.131. The fourth-order valence-corrected chi connectivity index (χ4v) is 7.68. The Kier molecular flexibility index (Phi) is 4.96. The maximum atomic E-state index is 12.6. The number of fused-ring (bicyclic) bond motifs is 5. The number of aliphatic hydroxyl groups excluding tert-OH is 1. The van der Waals surface area contributed by atoms with Crippen LogP contribution in [-0.4, -0.2) is 36.5 Å². The first-order chi connectivity index (χ1) is 13.6. The molecule has 0 radical (unpaired) electrons. The Hall–Kier alpha value is -0.710. The zero-order valence-corrected chi connectivity index (χ0v) is 17.3. The Bertz CT molecular complexity index is 651. The number of ether oxygens (including phenoxy) is 2. The molecule has 5 aliphatic rings. The summed E-state index contributed by atoms with van der Waals surface area (Å²) < 4.78 is 12.2. The van der Waals surface area contributed by atoms with Gasteiger partial charge in [0, 0.05) is 23.9 Å². The van der Waals surface area contributed by atoms with E-state index in [1.54, 1.807) is 0 Å². The van der Waals surface area contributed by atoms with Gasteiger partial charge in [-0.1, -0.05) is 18.6 Å². The smallest absolute Gasteiger partial charge is 0.157 e. The van der Waals surface area contributed by atoms with E-state index in [0.29, 0.717) is 23.5 Å². The SMILES string of the molecule is C[C@]12CCC3C(CC=C4CCC(OC5CCCCO5)C[C@@]43CO)C1CCC2=O. The van der Waals surface area contributed by atoms with Crippen LogP contribution in [0, 0.1) is 28.6 Å². The molecule has 1 heterocycles. The summed E-state index contributed by atoms with van der Waals surface area (Å²) in [5, 5.41) is 10.7. The fourth-order valence-electron chi connectivity index (χ4n) is 7.68. The van der Waals surface area contributed by atoms with Crippen molar-refractivity contribution < 1.29 is 19.4 Å². The van der Waals surface area contributed by atoms with Gasteiger partial charge < -0.3 is 14.6 Å². The van der Waals surface area contributed by atoms with E-state index in [1.807, 2.05) is 0 Å². The van der Waals surface area contributed by atoms with E-state index < -0.39 is 0 Å². The number of rotatable bonds is 3. The zero-order valence-electron chi connectivity index (χ0n) is 17.3. The number of aliphatic hydroxyl groups is 1. The molecule has 4 aliphatic carbocycles. The predicted octanol–water partition coefficient (Wildman–Crippen LogP) is 4.40. The molecule has 0 spiro atoms. The number of carbonyl (C=O) groups excluding carboxylic acids is 1. The molecule has 7 atom stereocenters. The quantitative estimate of drug-likeness (QED) is 0.728. The third-order valence-corrected chi connectivity index (χ3v) is 9.22. The largest absolute Gasteiger partial charge is 0.395 e. The molecule has 0 aromatic heterocycles. The molecule has 0 bridgehead atoms. The first kappa shape index (κ1) is 19.3. The lowest BCUT2D eigenvalue weighted by Gasteiger charge is -2.57. The van der Waals surface area contributed by atoms with Gasteiger partial charge in [0.25, 0.3) is 0 Å². The van der Waals surface area contributed by atoms with Gasteiger partial charge in [-0.05, 0) is 82.0 Å². The number of hydrogen-bond acceptors (Lipinski definition) is 4. The summed E-state index contributed by atoms with van der Waals surface area (Å²) in [4.78, 5) is 12.6. The van der Waals surface area contributed by atoms with Gasteiger partial charge in [0.1, 0.15) is 5.78 Å². The second-order valence-electron chi connectivity index (χ2n) is 10.4. The molecule has 1 saturated heterocycles. The number of ketones is 1. The molecule has 4 heteroatoms. The summed E-state index contributed by atoms with van der Waals surface area (Å²) in [6.07, 6.45) is 13.9.